The summed E-state index contributed by atoms with van der Waals surface area (Å²) in [4.78, 5) is 47.8. The van der Waals surface area contributed by atoms with Gasteiger partial charge in [0.05, 0.1) is 20.1 Å². The monoisotopic (exact) mass is 396 g/mol. The molecule has 3 atom stereocenters. The molecular weight excluding hydrogens is 371 g/mol. The number of ether oxygens (including phenoxy) is 2. The first-order valence-electron chi connectivity index (χ1n) is 8.66. The van der Waals surface area contributed by atoms with Gasteiger partial charge in [-0.15, -0.1) is 0 Å². The van der Waals surface area contributed by atoms with E-state index in [-0.39, 0.29) is 18.4 Å². The highest BCUT2D eigenvalue weighted by Crippen LogP contribution is 2.12. The van der Waals surface area contributed by atoms with E-state index in [0.717, 1.165) is 7.11 Å². The fourth-order valence-electron chi connectivity index (χ4n) is 2.62. The maximum absolute atomic E-state index is 13.9. The van der Waals surface area contributed by atoms with Crippen molar-refractivity contribution in [3.05, 3.63) is 35.6 Å². The molecule has 1 aromatic carbocycles. The lowest BCUT2D eigenvalue weighted by Crippen LogP contribution is -2.53. The summed E-state index contributed by atoms with van der Waals surface area (Å²) in [5.74, 6) is -3.70. The quantitative estimate of drug-likeness (QED) is 0.596. The van der Waals surface area contributed by atoms with Crippen molar-refractivity contribution in [2.24, 2.45) is 5.92 Å². The second kappa shape index (κ2) is 11.0. The second-order valence-electron chi connectivity index (χ2n) is 6.29. The first-order chi connectivity index (χ1) is 13.2. The third kappa shape index (κ3) is 6.98. The van der Waals surface area contributed by atoms with Crippen LogP contribution in [0, 0.1) is 11.7 Å². The predicted octanol–water partition coefficient (Wildman–Crippen LogP) is 0.730. The largest absolute Gasteiger partial charge is 0.469 e. The van der Waals surface area contributed by atoms with Gasteiger partial charge in [0.25, 0.3) is 0 Å². The lowest BCUT2D eigenvalue weighted by Gasteiger charge is -2.23. The summed E-state index contributed by atoms with van der Waals surface area (Å²) in [6, 6.07) is 3.60. The van der Waals surface area contributed by atoms with Crippen molar-refractivity contribution in [1.29, 1.82) is 0 Å². The van der Waals surface area contributed by atoms with Gasteiger partial charge in [-0.2, -0.15) is 0 Å². The molecule has 1 aromatic rings. The number of carbonyl (C=O) groups is 4. The maximum Gasteiger partial charge on any atom is 0.328 e. The zero-order valence-corrected chi connectivity index (χ0v) is 16.3. The van der Waals surface area contributed by atoms with Crippen LogP contribution < -0.4 is 10.6 Å². The van der Waals surface area contributed by atoms with Crippen molar-refractivity contribution >= 4 is 23.8 Å². The standard InChI is InChI=1S/C19H25FN2O6/c1-11(18(25)27-3)9-16(19(26)28-4)22-17(24)15(21-12(2)23)10-13-7-5-6-8-14(13)20/h5-8,11,15-16H,9-10H2,1-4H3,(H,21,23)(H,22,24)/t11-,15+,16-/m1/s1. The van der Waals surface area contributed by atoms with Crippen LogP contribution in [0.3, 0.4) is 0 Å². The second-order valence-corrected chi connectivity index (χ2v) is 6.29. The summed E-state index contributed by atoms with van der Waals surface area (Å²) >= 11 is 0. The number of esters is 2. The van der Waals surface area contributed by atoms with Crippen LogP contribution in [0.2, 0.25) is 0 Å². The molecule has 0 aliphatic carbocycles. The first kappa shape index (κ1) is 23.1. The Morgan fingerprint density at radius 3 is 2.14 bits per heavy atom. The van der Waals surface area contributed by atoms with Crippen LogP contribution in [0.1, 0.15) is 25.8 Å². The maximum atomic E-state index is 13.9. The van der Waals surface area contributed by atoms with E-state index in [1.165, 1.54) is 32.2 Å². The minimum atomic E-state index is -1.14. The molecule has 28 heavy (non-hydrogen) atoms. The van der Waals surface area contributed by atoms with Crippen LogP contribution in [0.5, 0.6) is 0 Å². The Labute approximate surface area is 162 Å². The lowest BCUT2D eigenvalue weighted by molar-refractivity contribution is -0.149. The van der Waals surface area contributed by atoms with Crippen molar-refractivity contribution in [1.82, 2.24) is 10.6 Å². The van der Waals surface area contributed by atoms with E-state index < -0.39 is 47.6 Å². The van der Waals surface area contributed by atoms with Gasteiger partial charge in [-0.3, -0.25) is 14.4 Å². The number of benzene rings is 1. The van der Waals surface area contributed by atoms with E-state index in [1.54, 1.807) is 13.0 Å². The van der Waals surface area contributed by atoms with E-state index in [1.807, 2.05) is 0 Å². The van der Waals surface area contributed by atoms with Crippen LogP contribution in [0.25, 0.3) is 0 Å². The molecule has 1 rings (SSSR count). The Bertz CT molecular complexity index is 724. The van der Waals surface area contributed by atoms with Gasteiger partial charge in [0.15, 0.2) is 0 Å². The van der Waals surface area contributed by atoms with E-state index >= 15 is 0 Å². The number of amides is 2. The van der Waals surface area contributed by atoms with E-state index in [9.17, 15) is 23.6 Å². The summed E-state index contributed by atoms with van der Waals surface area (Å²) in [6.45, 7) is 2.76. The number of carbonyl (C=O) groups excluding carboxylic acids is 4. The molecule has 9 heteroatoms. The Morgan fingerprint density at radius 2 is 1.61 bits per heavy atom. The summed E-state index contributed by atoms with van der Waals surface area (Å²) in [7, 11) is 2.36. The number of rotatable bonds is 9. The highest BCUT2D eigenvalue weighted by Gasteiger charge is 2.30. The van der Waals surface area contributed by atoms with E-state index in [0.29, 0.717) is 0 Å². The first-order valence-corrected chi connectivity index (χ1v) is 8.66. The van der Waals surface area contributed by atoms with Gasteiger partial charge in [-0.1, -0.05) is 25.1 Å². The van der Waals surface area contributed by atoms with Gasteiger partial charge in [0.1, 0.15) is 17.9 Å². The summed E-state index contributed by atoms with van der Waals surface area (Å²) in [5.41, 5.74) is 0.231. The molecular formula is C19H25FN2O6. The fraction of sp³-hybridized carbons (Fsp3) is 0.474. The lowest BCUT2D eigenvalue weighted by atomic mass is 10.00. The highest BCUT2D eigenvalue weighted by atomic mass is 19.1. The van der Waals surface area contributed by atoms with Crippen molar-refractivity contribution in [3.8, 4) is 0 Å². The molecule has 154 valence electrons. The highest BCUT2D eigenvalue weighted by molar-refractivity contribution is 5.90. The zero-order chi connectivity index (χ0) is 21.3. The van der Waals surface area contributed by atoms with Crippen LogP contribution in [0.15, 0.2) is 24.3 Å². The predicted molar refractivity (Wildman–Crippen MR) is 97.5 cm³/mol. The van der Waals surface area contributed by atoms with Gasteiger partial charge < -0.3 is 20.1 Å². The molecule has 0 unspecified atom stereocenters. The molecule has 0 radical (unpaired) electrons. The number of nitrogens with one attached hydrogen (secondary N) is 2. The molecule has 0 aliphatic rings. The average molecular weight is 396 g/mol. The Balaban J connectivity index is 2.97. The van der Waals surface area contributed by atoms with Crippen molar-refractivity contribution in [3.63, 3.8) is 0 Å². The number of methoxy groups -OCH3 is 2. The molecule has 0 spiro atoms. The number of hydrogen-bond acceptors (Lipinski definition) is 6. The summed E-state index contributed by atoms with van der Waals surface area (Å²) in [5, 5.41) is 4.91. The SMILES string of the molecule is COC(=O)[C@H](C)C[C@@H](NC(=O)[C@H](Cc1ccccc1F)NC(C)=O)C(=O)OC. The summed E-state index contributed by atoms with van der Waals surface area (Å²) in [6.07, 6.45) is -0.171. The van der Waals surface area contributed by atoms with Crippen molar-refractivity contribution in [2.45, 2.75) is 38.8 Å². The van der Waals surface area contributed by atoms with Crippen molar-refractivity contribution in [2.75, 3.05) is 14.2 Å². The molecule has 0 saturated heterocycles. The summed E-state index contributed by atoms with van der Waals surface area (Å²) < 4.78 is 23.2. The zero-order valence-electron chi connectivity index (χ0n) is 16.3. The van der Waals surface area contributed by atoms with Crippen LogP contribution in [-0.4, -0.2) is 50.1 Å². The number of hydrogen-bond donors (Lipinski definition) is 2. The normalized spacial score (nSPS) is 13.6. The smallest absolute Gasteiger partial charge is 0.328 e. The van der Waals surface area contributed by atoms with E-state index in [4.69, 9.17) is 0 Å². The Hall–Kier alpha value is -2.97. The molecule has 0 saturated carbocycles. The third-order valence-electron chi connectivity index (χ3n) is 4.07. The molecule has 8 nitrogen and oxygen atoms in total. The Kier molecular flexibility index (Phi) is 9.07. The third-order valence-corrected chi connectivity index (χ3v) is 4.07. The van der Waals surface area contributed by atoms with E-state index in [2.05, 4.69) is 20.1 Å². The van der Waals surface area contributed by atoms with Gasteiger partial charge in [0.2, 0.25) is 11.8 Å². The van der Waals surface area contributed by atoms with Gasteiger partial charge in [-0.05, 0) is 18.1 Å². The minimum absolute atomic E-state index is 0.0580. The van der Waals surface area contributed by atoms with Crippen LogP contribution >= 0.6 is 0 Å². The molecule has 0 heterocycles. The molecule has 0 aromatic heterocycles. The van der Waals surface area contributed by atoms with Gasteiger partial charge in [0, 0.05) is 13.3 Å². The molecule has 2 amide bonds. The molecule has 0 aliphatic heterocycles. The molecule has 0 fully saturated rings. The van der Waals surface area contributed by atoms with Crippen LogP contribution in [-0.2, 0) is 35.1 Å². The molecule has 0 bridgehead atoms. The molecule has 2 N–H and O–H groups in total. The minimum Gasteiger partial charge on any atom is -0.469 e. The van der Waals surface area contributed by atoms with Gasteiger partial charge in [-0.25, -0.2) is 9.18 Å². The van der Waals surface area contributed by atoms with Gasteiger partial charge >= 0.3 is 11.9 Å². The Morgan fingerprint density at radius 1 is 1.00 bits per heavy atom. The topological polar surface area (TPSA) is 111 Å². The fourth-order valence-corrected chi connectivity index (χ4v) is 2.62. The number of halogens is 1. The average Bonchev–Trinajstić information content (AvgIpc) is 2.66. The van der Waals surface area contributed by atoms with Crippen molar-refractivity contribution < 1.29 is 33.0 Å². The van der Waals surface area contributed by atoms with Crippen LogP contribution in [0.4, 0.5) is 4.39 Å².